The molecule has 16 nitrogen and oxygen atoms in total. The number of fused-ring (bicyclic) bond motifs is 9. The normalized spacial score (nSPS) is 31.1. The number of nitrogens with zero attached hydrogens (tertiary/aromatic N) is 1. The molecule has 2 aromatic rings. The van der Waals surface area contributed by atoms with E-state index in [1.165, 1.54) is 37.5 Å². The lowest BCUT2D eigenvalue weighted by Gasteiger charge is -2.51. The zero-order chi connectivity index (χ0) is 43.3. The summed E-state index contributed by atoms with van der Waals surface area (Å²) in [5.74, 6) is 9.47. The van der Waals surface area contributed by atoms with Gasteiger partial charge in [0.1, 0.15) is 30.3 Å². The van der Waals surface area contributed by atoms with E-state index in [-0.39, 0.29) is 56.7 Å². The van der Waals surface area contributed by atoms with Gasteiger partial charge in [0, 0.05) is 23.8 Å². The molecule has 4 bridgehead atoms. The van der Waals surface area contributed by atoms with Crippen LogP contribution in [0.3, 0.4) is 0 Å². The molecule has 0 saturated carbocycles. The molecule has 2 aliphatic carbocycles. The predicted octanol–water partition coefficient (Wildman–Crippen LogP) is 2.68. The van der Waals surface area contributed by atoms with Gasteiger partial charge in [-0.05, 0) is 76.7 Å². The van der Waals surface area contributed by atoms with E-state index >= 15 is 0 Å². The van der Waals surface area contributed by atoms with E-state index in [9.17, 15) is 29.7 Å². The third-order valence-electron chi connectivity index (χ3n) is 10.7. The number of esters is 2. The van der Waals surface area contributed by atoms with E-state index < -0.39 is 90.3 Å². The van der Waals surface area contributed by atoms with E-state index in [1.807, 2.05) is 0 Å². The molecule has 1 fully saturated rings. The Hall–Kier alpha value is -5.56. The van der Waals surface area contributed by atoms with Crippen LogP contribution in [-0.4, -0.2) is 120 Å². The molecule has 0 spiro atoms. The number of phenolic OH excluding ortho intramolecular Hbond substituents is 1. The van der Waals surface area contributed by atoms with E-state index in [4.69, 9.17) is 50.5 Å². The minimum atomic E-state index is -1.79. The van der Waals surface area contributed by atoms with Crippen molar-refractivity contribution in [2.45, 2.75) is 87.3 Å². The molecule has 60 heavy (non-hydrogen) atoms. The van der Waals surface area contributed by atoms with Gasteiger partial charge in [-0.25, -0.2) is 4.79 Å². The van der Waals surface area contributed by atoms with Gasteiger partial charge in [0.2, 0.25) is 0 Å². The van der Waals surface area contributed by atoms with E-state index in [0.29, 0.717) is 0 Å². The lowest BCUT2D eigenvalue weighted by Crippen LogP contribution is -2.68. The van der Waals surface area contributed by atoms with Crippen LogP contribution >= 0.6 is 11.6 Å². The monoisotopic (exact) mass is 845 g/mol. The zero-order valence-corrected chi connectivity index (χ0v) is 34.2. The number of likely N-dealkylation sites (N-methyl/N-ethyl adjacent to an activating group) is 1. The number of aliphatic hydroxyl groups excluding tert-OH is 2. The molecule has 0 aromatic heterocycles. The van der Waals surface area contributed by atoms with E-state index in [1.54, 1.807) is 58.0 Å². The molecule has 4 heterocycles. The van der Waals surface area contributed by atoms with Crippen molar-refractivity contribution in [3.8, 4) is 46.7 Å². The van der Waals surface area contributed by atoms with Crippen molar-refractivity contribution >= 4 is 35.1 Å². The Kier molecular flexibility index (Phi) is 11.7. The van der Waals surface area contributed by atoms with Gasteiger partial charge < -0.3 is 64.4 Å². The number of hydrogen-bond acceptors (Lipinski definition) is 15. The average molecular weight is 846 g/mol. The molecule has 1 amide bonds. The molecule has 0 radical (unpaired) electrons. The van der Waals surface area contributed by atoms with Crippen LogP contribution in [0.5, 0.6) is 23.0 Å². The molecule has 6 aliphatic rings. The Labute approximate surface area is 350 Å². The predicted molar refractivity (Wildman–Crippen MR) is 214 cm³/mol. The van der Waals surface area contributed by atoms with Crippen molar-refractivity contribution in [1.82, 2.24) is 4.90 Å². The Morgan fingerprint density at radius 3 is 2.58 bits per heavy atom. The summed E-state index contributed by atoms with van der Waals surface area (Å²) in [6.07, 6.45) is -2.24. The van der Waals surface area contributed by atoms with Crippen LogP contribution < -0.4 is 25.3 Å². The highest BCUT2D eigenvalue weighted by atomic mass is 35.5. The largest absolute Gasteiger partial charge is 0.504 e. The lowest BCUT2D eigenvalue weighted by molar-refractivity contribution is -0.329. The number of anilines is 1. The number of benzene rings is 2. The minimum absolute atomic E-state index is 0.0448. The number of carbonyl (C=O) groups is 3. The highest BCUT2D eigenvalue weighted by Crippen LogP contribution is 2.44. The van der Waals surface area contributed by atoms with E-state index in [2.05, 4.69) is 29.0 Å². The average Bonchev–Trinajstić information content (AvgIpc) is 3.60. The van der Waals surface area contributed by atoms with Crippen molar-refractivity contribution in [2.24, 2.45) is 5.73 Å². The number of nitrogens with one attached hydrogen (secondary N) is 1. The topological polar surface area (TPSA) is 218 Å². The van der Waals surface area contributed by atoms with Crippen LogP contribution in [0.2, 0.25) is 5.02 Å². The summed E-state index contributed by atoms with van der Waals surface area (Å²) >= 11 is 6.70. The number of phenols is 1. The van der Waals surface area contributed by atoms with Crippen molar-refractivity contribution < 1.29 is 62.9 Å². The highest BCUT2D eigenvalue weighted by Gasteiger charge is 2.55. The molecule has 4 aliphatic heterocycles. The quantitative estimate of drug-likeness (QED) is 0.209. The molecule has 2 aromatic carbocycles. The Morgan fingerprint density at radius 1 is 1.10 bits per heavy atom. The van der Waals surface area contributed by atoms with Crippen molar-refractivity contribution in [3.05, 3.63) is 75.9 Å². The number of allylic oxidation sites excluding steroid dienone is 3. The zero-order valence-electron chi connectivity index (χ0n) is 33.5. The summed E-state index contributed by atoms with van der Waals surface area (Å²) in [4.78, 5) is 41.7. The van der Waals surface area contributed by atoms with Crippen LogP contribution in [0.15, 0.2) is 59.7 Å². The number of halogens is 1. The van der Waals surface area contributed by atoms with Gasteiger partial charge in [-0.2, -0.15) is 0 Å². The van der Waals surface area contributed by atoms with Crippen LogP contribution in [0.25, 0.3) is 0 Å². The maximum absolute atomic E-state index is 14.1. The molecule has 8 rings (SSSR count). The summed E-state index contributed by atoms with van der Waals surface area (Å²) in [6.45, 7) is 4.49. The third-order valence-corrected chi connectivity index (χ3v) is 11.0. The Balaban J connectivity index is 1.33. The first kappa shape index (κ1) is 42.6. The summed E-state index contributed by atoms with van der Waals surface area (Å²) in [5.41, 5.74) is 4.01. The number of nitrogens with two attached hydrogens (primary N) is 1. The van der Waals surface area contributed by atoms with Gasteiger partial charge in [0.25, 0.3) is 5.91 Å². The molecule has 5 unspecified atom stereocenters. The first-order chi connectivity index (χ1) is 28.4. The molecule has 17 heteroatoms. The van der Waals surface area contributed by atoms with Crippen LogP contribution in [-0.2, 0) is 28.5 Å². The Bertz CT molecular complexity index is 2310. The lowest BCUT2D eigenvalue weighted by atomic mass is 9.85. The molecule has 9 atom stereocenters. The van der Waals surface area contributed by atoms with Gasteiger partial charge in [0.15, 0.2) is 41.7 Å². The number of hydrogen-bond donors (Lipinski definition) is 5. The number of aliphatic hydroxyl groups is 2. The number of rotatable bonds is 6. The van der Waals surface area contributed by atoms with Gasteiger partial charge >= 0.3 is 11.9 Å². The first-order valence-electron chi connectivity index (χ1n) is 18.9. The fourth-order valence-corrected chi connectivity index (χ4v) is 8.00. The number of aromatic hydroxyl groups is 1. The van der Waals surface area contributed by atoms with Gasteiger partial charge in [-0.1, -0.05) is 35.4 Å². The van der Waals surface area contributed by atoms with Crippen molar-refractivity contribution in [3.63, 3.8) is 0 Å². The standard InChI is InChI=1S/C43H44ClN3O13/c1-21-39(52)46-34-26(17-25(54-6)18-30(34)56-21)40(53)57-31-20-55-33(49)19-28(45)23-15-27(44)37(29(48)16-23)58-32-11-7-9-22(31)12-13-24-10-8-14-43(24,32)60-41-36(51)35(50)38(47(4)5)42(2,3)59-41/h8-10,14-18,21,28,31-32,35-36,38,41,48,50-51H,19-20,45H2,1-6H3,(H,46,52)/b22-9+/t21?,28?,31?,32?,35-,36+,38-,41-,43?/m0/s1. The number of ether oxygens (including phenoxy) is 7. The van der Waals surface area contributed by atoms with Gasteiger partial charge in [-0.15, -0.1) is 0 Å². The second-order valence-corrected chi connectivity index (χ2v) is 15.9. The van der Waals surface area contributed by atoms with Gasteiger partial charge in [0.05, 0.1) is 47.0 Å². The molecule has 316 valence electrons. The first-order valence-corrected chi connectivity index (χ1v) is 19.3. The van der Waals surface area contributed by atoms with Gasteiger partial charge in [-0.3, -0.25) is 9.59 Å². The van der Waals surface area contributed by atoms with Crippen molar-refractivity contribution in [2.75, 3.05) is 33.1 Å². The second kappa shape index (κ2) is 16.5. The van der Waals surface area contributed by atoms with Crippen LogP contribution in [0, 0.1) is 23.7 Å². The smallest absolute Gasteiger partial charge is 0.341 e. The summed E-state index contributed by atoms with van der Waals surface area (Å²) in [7, 11) is 4.90. The summed E-state index contributed by atoms with van der Waals surface area (Å²) in [5, 5.41) is 36.7. The number of methoxy groups -OCH3 is 1. The maximum atomic E-state index is 14.1. The molecule has 6 N–H and O–H groups in total. The fraction of sp³-hybridized carbons (Fsp3) is 0.419. The summed E-state index contributed by atoms with van der Waals surface area (Å²) < 4.78 is 42.2. The molecular formula is C43H44ClN3O13. The van der Waals surface area contributed by atoms with Crippen LogP contribution in [0.1, 0.15) is 49.2 Å². The minimum Gasteiger partial charge on any atom is -0.504 e. The second-order valence-electron chi connectivity index (χ2n) is 15.5. The fourth-order valence-electron chi connectivity index (χ4n) is 7.73. The molecule has 1 saturated heterocycles. The number of amides is 1. The SMILES string of the molecule is COc1cc2c(c(C(=O)OC3COC(=O)CC(N)c4cc(O)c(c(Cl)c4)OC4C#C/C=C/3C#CC3=CC=CC34O[C@@H]3OC(C)(C)[C@@H](N(C)C)[C@@H](O)[C@H]3O)c1)NC(=O)C(C)O2. The third kappa shape index (κ3) is 8.03. The van der Waals surface area contributed by atoms with Crippen molar-refractivity contribution in [1.29, 1.82) is 0 Å². The Morgan fingerprint density at radius 2 is 1.87 bits per heavy atom. The highest BCUT2D eigenvalue weighted by molar-refractivity contribution is 6.32. The maximum Gasteiger partial charge on any atom is 0.341 e. The van der Waals surface area contributed by atoms with Crippen LogP contribution in [0.4, 0.5) is 5.69 Å². The molecular weight excluding hydrogens is 802 g/mol. The summed E-state index contributed by atoms with van der Waals surface area (Å²) in [6, 6.07) is 3.94. The van der Waals surface area contributed by atoms with E-state index in [0.717, 1.165) is 0 Å². The number of carbonyl (C=O) groups excluding carboxylic acids is 3.